The average molecular weight is 259 g/mol. The highest BCUT2D eigenvalue weighted by molar-refractivity contribution is 8.06. The maximum Gasteiger partial charge on any atom is 0.226 e. The van der Waals surface area contributed by atoms with E-state index in [-0.39, 0.29) is 13.2 Å². The van der Waals surface area contributed by atoms with Gasteiger partial charge in [0.1, 0.15) is 0 Å². The third kappa shape index (κ3) is 10.1. The molecular formula is C7H17NO5S2. The van der Waals surface area contributed by atoms with Crippen molar-refractivity contribution in [3.8, 4) is 0 Å². The average Bonchev–Trinajstić information content (AvgIpc) is 1.99. The summed E-state index contributed by atoms with van der Waals surface area (Å²) in [5.41, 5.74) is 0. The summed E-state index contributed by atoms with van der Waals surface area (Å²) in [4.78, 5) is 0. The van der Waals surface area contributed by atoms with Crippen molar-refractivity contribution >= 4 is 19.9 Å². The van der Waals surface area contributed by atoms with Crippen LogP contribution in [0.15, 0.2) is 0 Å². The second kappa shape index (κ2) is 6.41. The lowest BCUT2D eigenvalue weighted by atomic mass is 10.2. The van der Waals surface area contributed by atoms with Gasteiger partial charge in [0.15, 0.2) is 14.9 Å². The Labute approximate surface area is 90.7 Å². The van der Waals surface area contributed by atoms with Crippen LogP contribution in [0.2, 0.25) is 0 Å². The summed E-state index contributed by atoms with van der Waals surface area (Å²) in [6.07, 6.45) is 2.78. The van der Waals surface area contributed by atoms with Gasteiger partial charge in [0.05, 0.1) is 0 Å². The highest BCUT2D eigenvalue weighted by Gasteiger charge is 2.16. The van der Waals surface area contributed by atoms with Gasteiger partial charge in [-0.1, -0.05) is 0 Å². The third-order valence-electron chi connectivity index (χ3n) is 1.53. The molecule has 0 saturated heterocycles. The summed E-state index contributed by atoms with van der Waals surface area (Å²) in [6, 6.07) is 0. The lowest BCUT2D eigenvalue weighted by molar-refractivity contribution is 0.283. The van der Waals surface area contributed by atoms with E-state index in [2.05, 4.69) is 4.72 Å². The van der Waals surface area contributed by atoms with E-state index in [0.29, 0.717) is 19.3 Å². The lowest BCUT2D eigenvalue weighted by Crippen LogP contribution is -2.30. The number of unbranched alkanes of at least 4 members (excludes halogenated alkanes) is 2. The number of rotatable bonds is 8. The molecule has 0 atom stereocenters. The lowest BCUT2D eigenvalue weighted by Gasteiger charge is -2.04. The Hall–Kier alpha value is -0.180. The van der Waals surface area contributed by atoms with Gasteiger partial charge in [-0.3, -0.25) is 0 Å². The quantitative estimate of drug-likeness (QED) is 0.549. The molecule has 0 saturated carbocycles. The molecule has 15 heavy (non-hydrogen) atoms. The van der Waals surface area contributed by atoms with Gasteiger partial charge in [0.25, 0.3) is 0 Å². The minimum absolute atomic E-state index is 0.0795. The molecule has 0 fully saturated rings. The summed E-state index contributed by atoms with van der Waals surface area (Å²) in [7, 11) is -7.25. The SMILES string of the molecule is CS(=O)(=O)CS(=O)(=O)NCCCCCO. The first-order chi connectivity index (χ1) is 6.77. The predicted octanol–water partition coefficient (Wildman–Crippen LogP) is -0.929. The molecule has 0 aromatic heterocycles. The van der Waals surface area contributed by atoms with Crippen LogP contribution in [0.25, 0.3) is 0 Å². The molecule has 0 spiro atoms. The zero-order chi connectivity index (χ0) is 11.9. The Morgan fingerprint density at radius 3 is 2.13 bits per heavy atom. The van der Waals surface area contributed by atoms with Gasteiger partial charge in [-0.15, -0.1) is 0 Å². The Balaban J connectivity index is 3.86. The number of sulfone groups is 1. The first-order valence-electron chi connectivity index (χ1n) is 4.53. The van der Waals surface area contributed by atoms with Crippen molar-refractivity contribution in [1.82, 2.24) is 4.72 Å². The molecule has 0 heterocycles. The topological polar surface area (TPSA) is 101 Å². The molecule has 0 aromatic carbocycles. The monoisotopic (exact) mass is 259 g/mol. The molecule has 2 N–H and O–H groups in total. The van der Waals surface area contributed by atoms with Crippen molar-refractivity contribution in [2.45, 2.75) is 19.3 Å². The van der Waals surface area contributed by atoms with Crippen molar-refractivity contribution in [2.24, 2.45) is 0 Å². The summed E-state index contributed by atoms with van der Waals surface area (Å²) in [5, 5.41) is 7.59. The molecule has 92 valence electrons. The number of sulfonamides is 1. The molecular weight excluding hydrogens is 242 g/mol. The van der Waals surface area contributed by atoms with Gasteiger partial charge in [0, 0.05) is 19.4 Å². The highest BCUT2D eigenvalue weighted by atomic mass is 32.3. The maximum absolute atomic E-state index is 11.1. The highest BCUT2D eigenvalue weighted by Crippen LogP contribution is 1.95. The second-order valence-corrected chi connectivity index (χ2v) is 7.65. The fourth-order valence-corrected chi connectivity index (χ4v) is 4.01. The number of hydrogen-bond donors (Lipinski definition) is 2. The first-order valence-corrected chi connectivity index (χ1v) is 8.24. The molecule has 0 radical (unpaired) electrons. The molecule has 0 bridgehead atoms. The van der Waals surface area contributed by atoms with Gasteiger partial charge in [-0.2, -0.15) is 0 Å². The van der Waals surface area contributed by atoms with Crippen LogP contribution in [-0.2, 0) is 19.9 Å². The molecule has 0 amide bonds. The van der Waals surface area contributed by atoms with Crippen molar-refractivity contribution < 1.29 is 21.9 Å². The Bertz CT molecular complexity index is 359. The smallest absolute Gasteiger partial charge is 0.226 e. The van der Waals surface area contributed by atoms with E-state index in [1.165, 1.54) is 0 Å². The fraction of sp³-hybridized carbons (Fsp3) is 1.00. The number of nitrogens with one attached hydrogen (secondary N) is 1. The van der Waals surface area contributed by atoms with Crippen molar-refractivity contribution in [1.29, 1.82) is 0 Å². The van der Waals surface area contributed by atoms with Crippen LogP contribution < -0.4 is 4.72 Å². The minimum atomic E-state index is -3.73. The normalized spacial score (nSPS) is 12.9. The predicted molar refractivity (Wildman–Crippen MR) is 57.6 cm³/mol. The van der Waals surface area contributed by atoms with E-state index in [4.69, 9.17) is 5.11 Å². The summed E-state index contributed by atoms with van der Waals surface area (Å²) >= 11 is 0. The standard InChI is InChI=1S/C7H17NO5S2/c1-14(10,11)7-15(12,13)8-5-3-2-4-6-9/h8-9H,2-7H2,1H3. The number of aliphatic hydroxyl groups excluding tert-OH is 1. The largest absolute Gasteiger partial charge is 0.396 e. The summed E-state index contributed by atoms with van der Waals surface area (Å²) in [6.45, 7) is 0.286. The van der Waals surface area contributed by atoms with Gasteiger partial charge in [0.2, 0.25) is 10.0 Å². The first kappa shape index (κ1) is 14.8. The van der Waals surface area contributed by atoms with E-state index >= 15 is 0 Å². The molecule has 8 heteroatoms. The Morgan fingerprint density at radius 2 is 1.67 bits per heavy atom. The van der Waals surface area contributed by atoms with E-state index < -0.39 is 24.9 Å². The van der Waals surface area contributed by atoms with Crippen LogP contribution in [0.4, 0.5) is 0 Å². The van der Waals surface area contributed by atoms with Gasteiger partial charge >= 0.3 is 0 Å². The molecule has 0 aromatic rings. The summed E-state index contributed by atoms with van der Waals surface area (Å²) < 4.78 is 45.9. The second-order valence-electron chi connectivity index (χ2n) is 3.34. The molecule has 0 aliphatic carbocycles. The third-order valence-corrected chi connectivity index (χ3v) is 5.12. The van der Waals surface area contributed by atoms with E-state index in [1.807, 2.05) is 0 Å². The zero-order valence-electron chi connectivity index (χ0n) is 8.64. The van der Waals surface area contributed by atoms with E-state index in [9.17, 15) is 16.8 Å². The van der Waals surface area contributed by atoms with Crippen LogP contribution in [0.3, 0.4) is 0 Å². The van der Waals surface area contributed by atoms with Crippen LogP contribution in [0, 0.1) is 0 Å². The molecule has 6 nitrogen and oxygen atoms in total. The van der Waals surface area contributed by atoms with Gasteiger partial charge in [-0.05, 0) is 19.3 Å². The van der Waals surface area contributed by atoms with E-state index in [0.717, 1.165) is 6.26 Å². The van der Waals surface area contributed by atoms with Gasteiger partial charge in [-0.25, -0.2) is 21.6 Å². The van der Waals surface area contributed by atoms with Crippen LogP contribution in [0.1, 0.15) is 19.3 Å². The molecule has 0 rings (SSSR count). The number of hydrogen-bond acceptors (Lipinski definition) is 5. The van der Waals surface area contributed by atoms with E-state index in [1.54, 1.807) is 0 Å². The maximum atomic E-state index is 11.1. The van der Waals surface area contributed by atoms with Crippen molar-refractivity contribution in [3.63, 3.8) is 0 Å². The molecule has 0 aliphatic heterocycles. The number of aliphatic hydroxyl groups is 1. The molecule has 0 aliphatic rings. The van der Waals surface area contributed by atoms with Crippen LogP contribution in [-0.4, -0.2) is 46.4 Å². The minimum Gasteiger partial charge on any atom is -0.396 e. The molecule has 0 unspecified atom stereocenters. The van der Waals surface area contributed by atoms with Crippen LogP contribution >= 0.6 is 0 Å². The fourth-order valence-electron chi connectivity index (χ4n) is 0.965. The van der Waals surface area contributed by atoms with Gasteiger partial charge < -0.3 is 5.11 Å². The Kier molecular flexibility index (Phi) is 6.34. The van der Waals surface area contributed by atoms with Crippen molar-refractivity contribution in [3.05, 3.63) is 0 Å². The van der Waals surface area contributed by atoms with Crippen molar-refractivity contribution in [2.75, 3.05) is 24.5 Å². The Morgan fingerprint density at radius 1 is 1.07 bits per heavy atom. The van der Waals surface area contributed by atoms with Crippen LogP contribution in [0.5, 0.6) is 0 Å². The summed E-state index contributed by atoms with van der Waals surface area (Å²) in [5.74, 6) is 0. The zero-order valence-corrected chi connectivity index (χ0v) is 10.3.